The molecule has 0 N–H and O–H groups in total. The fourth-order valence-electron chi connectivity index (χ4n) is 3.23. The Morgan fingerprint density at radius 3 is 1.90 bits per heavy atom. The van der Waals surface area contributed by atoms with Gasteiger partial charge >= 0.3 is 0 Å². The van der Waals surface area contributed by atoms with Gasteiger partial charge in [0.15, 0.2) is 5.82 Å². The fraction of sp³-hybridized carbons (Fsp3) is 0.333. The second-order valence-corrected chi connectivity index (χ2v) is 7.00. The topological polar surface area (TPSA) is 80.9 Å². The number of ether oxygens (including phenoxy) is 2. The molecule has 0 amide bonds. The van der Waals surface area contributed by atoms with Gasteiger partial charge in [-0.25, -0.2) is 4.98 Å². The van der Waals surface area contributed by atoms with Gasteiger partial charge in [0, 0.05) is 11.1 Å². The molecular formula is C24H26N4O2. The summed E-state index contributed by atoms with van der Waals surface area (Å²) in [7, 11) is 3.27. The number of aromatic nitrogens is 3. The van der Waals surface area contributed by atoms with Gasteiger partial charge in [-0.2, -0.15) is 5.26 Å². The van der Waals surface area contributed by atoms with E-state index < -0.39 is 0 Å². The average molecular weight is 402 g/mol. The number of hydrogen-bond donors (Lipinski definition) is 0. The van der Waals surface area contributed by atoms with Gasteiger partial charge in [0.25, 0.3) is 0 Å². The summed E-state index contributed by atoms with van der Waals surface area (Å²) in [5.74, 6) is 1.63. The zero-order chi connectivity index (χ0) is 21.3. The highest BCUT2D eigenvalue weighted by molar-refractivity contribution is 5.78. The Hall–Kier alpha value is -3.46. The molecule has 0 aliphatic carbocycles. The van der Waals surface area contributed by atoms with Crippen LogP contribution in [0.15, 0.2) is 48.5 Å². The highest BCUT2D eigenvalue weighted by Crippen LogP contribution is 2.32. The van der Waals surface area contributed by atoms with Gasteiger partial charge in [-0.1, -0.05) is 26.2 Å². The molecule has 6 heteroatoms. The summed E-state index contributed by atoms with van der Waals surface area (Å²) in [4.78, 5) is 4.80. The van der Waals surface area contributed by atoms with Crippen molar-refractivity contribution in [1.82, 2.24) is 15.2 Å². The summed E-state index contributed by atoms with van der Waals surface area (Å²) in [5.41, 5.74) is 3.14. The van der Waals surface area contributed by atoms with E-state index in [9.17, 15) is 5.26 Å². The van der Waals surface area contributed by atoms with Gasteiger partial charge in [-0.05, 0) is 55.0 Å². The van der Waals surface area contributed by atoms with Crippen molar-refractivity contribution < 1.29 is 9.47 Å². The molecule has 0 saturated heterocycles. The molecular weight excluding hydrogens is 376 g/mol. The summed E-state index contributed by atoms with van der Waals surface area (Å²) in [6, 6.07) is 17.6. The molecule has 6 nitrogen and oxygen atoms in total. The Bertz CT molecular complexity index is 995. The smallest absolute Gasteiger partial charge is 0.168 e. The number of rotatable bonds is 9. The SMILES string of the molecule is CCCCCC(C#N)c1nnc(-c2ccc(OC)cc2)c(-c2ccc(OC)cc2)n1. The average Bonchev–Trinajstić information content (AvgIpc) is 2.82. The third-order valence-corrected chi connectivity index (χ3v) is 4.99. The van der Waals surface area contributed by atoms with Crippen molar-refractivity contribution >= 4 is 0 Å². The predicted molar refractivity (Wildman–Crippen MR) is 116 cm³/mol. The van der Waals surface area contributed by atoms with Gasteiger partial charge in [-0.15, -0.1) is 10.2 Å². The molecule has 2 aromatic carbocycles. The lowest BCUT2D eigenvalue weighted by Gasteiger charge is -2.13. The lowest BCUT2D eigenvalue weighted by molar-refractivity contribution is 0.414. The number of methoxy groups -OCH3 is 2. The molecule has 0 radical (unpaired) electrons. The first-order valence-electron chi connectivity index (χ1n) is 10.1. The van der Waals surface area contributed by atoms with E-state index >= 15 is 0 Å². The van der Waals surface area contributed by atoms with Gasteiger partial charge < -0.3 is 9.47 Å². The molecule has 0 bridgehead atoms. The lowest BCUT2D eigenvalue weighted by atomic mass is 10.0. The maximum Gasteiger partial charge on any atom is 0.168 e. The summed E-state index contributed by atoms with van der Waals surface area (Å²) in [6.07, 6.45) is 3.89. The second kappa shape index (κ2) is 10.4. The Balaban J connectivity index is 2.05. The van der Waals surface area contributed by atoms with Gasteiger partial charge in [-0.3, -0.25) is 0 Å². The molecule has 0 spiro atoms. The highest BCUT2D eigenvalue weighted by atomic mass is 16.5. The van der Waals surface area contributed by atoms with Crippen LogP contribution >= 0.6 is 0 Å². The van der Waals surface area contributed by atoms with Crippen LogP contribution in [0, 0.1) is 11.3 Å². The van der Waals surface area contributed by atoms with Gasteiger partial charge in [0.1, 0.15) is 28.8 Å². The number of nitriles is 1. The first-order chi connectivity index (χ1) is 14.7. The molecule has 154 valence electrons. The zero-order valence-corrected chi connectivity index (χ0v) is 17.6. The van der Waals surface area contributed by atoms with Crippen LogP contribution < -0.4 is 9.47 Å². The van der Waals surface area contributed by atoms with E-state index in [-0.39, 0.29) is 5.92 Å². The molecule has 30 heavy (non-hydrogen) atoms. The fourth-order valence-corrected chi connectivity index (χ4v) is 3.23. The molecule has 0 fully saturated rings. The summed E-state index contributed by atoms with van der Waals surface area (Å²) >= 11 is 0. The molecule has 0 saturated carbocycles. The molecule has 3 aromatic rings. The largest absolute Gasteiger partial charge is 0.497 e. The van der Waals surface area contributed by atoms with Crippen molar-refractivity contribution in [3.8, 4) is 40.1 Å². The predicted octanol–water partition coefficient (Wildman–Crippen LogP) is 5.41. The van der Waals surface area contributed by atoms with Crippen LogP contribution in [0.1, 0.15) is 44.3 Å². The van der Waals surface area contributed by atoms with E-state index in [1.165, 1.54) is 0 Å². The van der Waals surface area contributed by atoms with E-state index in [2.05, 4.69) is 23.2 Å². The first-order valence-corrected chi connectivity index (χ1v) is 10.1. The van der Waals surface area contributed by atoms with Crippen LogP contribution in [0.2, 0.25) is 0 Å². The molecule has 1 heterocycles. The van der Waals surface area contributed by atoms with Crippen LogP contribution in [-0.2, 0) is 0 Å². The Morgan fingerprint density at radius 1 is 0.833 bits per heavy atom. The Morgan fingerprint density at radius 2 is 1.40 bits per heavy atom. The third-order valence-electron chi connectivity index (χ3n) is 4.99. The van der Waals surface area contributed by atoms with Crippen LogP contribution in [-0.4, -0.2) is 29.4 Å². The maximum atomic E-state index is 9.66. The monoisotopic (exact) mass is 402 g/mol. The minimum atomic E-state index is -0.369. The van der Waals surface area contributed by atoms with Gasteiger partial charge in [0.05, 0.1) is 20.3 Å². The quantitative estimate of drug-likeness (QED) is 0.445. The Labute approximate surface area is 177 Å². The van der Waals surface area contributed by atoms with E-state index in [4.69, 9.17) is 14.5 Å². The van der Waals surface area contributed by atoms with Crippen molar-refractivity contribution in [1.29, 1.82) is 5.26 Å². The zero-order valence-electron chi connectivity index (χ0n) is 17.6. The molecule has 1 atom stereocenters. The molecule has 0 aliphatic heterocycles. The number of benzene rings is 2. The highest BCUT2D eigenvalue weighted by Gasteiger charge is 2.19. The lowest BCUT2D eigenvalue weighted by Crippen LogP contribution is -2.07. The van der Waals surface area contributed by atoms with Crippen LogP contribution in [0.3, 0.4) is 0 Å². The third kappa shape index (κ3) is 4.93. The van der Waals surface area contributed by atoms with Gasteiger partial charge in [0.2, 0.25) is 0 Å². The van der Waals surface area contributed by atoms with Crippen molar-refractivity contribution in [2.24, 2.45) is 0 Å². The standard InChI is InChI=1S/C24H26N4O2/c1-4-5-6-7-19(16-25)24-26-22(17-8-12-20(29-2)13-9-17)23(27-28-24)18-10-14-21(30-3)15-11-18/h8-15,19H,4-7H2,1-3H3. The first kappa shape index (κ1) is 21.3. The van der Waals surface area contributed by atoms with Crippen molar-refractivity contribution in [2.45, 2.75) is 38.5 Å². The van der Waals surface area contributed by atoms with Crippen molar-refractivity contribution in [3.63, 3.8) is 0 Å². The molecule has 1 aromatic heterocycles. The minimum Gasteiger partial charge on any atom is -0.497 e. The van der Waals surface area contributed by atoms with Crippen LogP contribution in [0.5, 0.6) is 11.5 Å². The van der Waals surface area contributed by atoms with Crippen LogP contribution in [0.4, 0.5) is 0 Å². The van der Waals surface area contributed by atoms with Crippen molar-refractivity contribution in [3.05, 3.63) is 54.4 Å². The van der Waals surface area contributed by atoms with E-state index in [1.807, 2.05) is 48.5 Å². The normalized spacial score (nSPS) is 11.5. The van der Waals surface area contributed by atoms with E-state index in [0.29, 0.717) is 17.2 Å². The van der Waals surface area contributed by atoms with E-state index in [0.717, 1.165) is 48.3 Å². The second-order valence-electron chi connectivity index (χ2n) is 7.00. The summed E-state index contributed by atoms with van der Waals surface area (Å²) in [5, 5.41) is 18.5. The molecule has 1 unspecified atom stereocenters. The summed E-state index contributed by atoms with van der Waals surface area (Å²) in [6.45, 7) is 2.14. The van der Waals surface area contributed by atoms with Crippen molar-refractivity contribution in [2.75, 3.05) is 14.2 Å². The maximum absolute atomic E-state index is 9.66. The molecule has 0 aliphatic rings. The van der Waals surface area contributed by atoms with Crippen LogP contribution in [0.25, 0.3) is 22.5 Å². The molecule has 3 rings (SSSR count). The number of hydrogen-bond acceptors (Lipinski definition) is 6. The number of nitrogens with zero attached hydrogens (tertiary/aromatic N) is 4. The Kier molecular flexibility index (Phi) is 7.34. The van der Waals surface area contributed by atoms with E-state index in [1.54, 1.807) is 14.2 Å². The summed E-state index contributed by atoms with van der Waals surface area (Å²) < 4.78 is 10.5. The number of unbranched alkanes of at least 4 members (excludes halogenated alkanes) is 2. The minimum absolute atomic E-state index is 0.369.